The number of aryl methyl sites for hydroxylation is 1. The van der Waals surface area contributed by atoms with Crippen molar-refractivity contribution in [3.8, 4) is 0 Å². The molecule has 1 amide bonds. The van der Waals surface area contributed by atoms with E-state index in [1.165, 1.54) is 0 Å². The Morgan fingerprint density at radius 2 is 2.12 bits per heavy atom. The molecule has 0 saturated carbocycles. The highest BCUT2D eigenvalue weighted by Gasteiger charge is 2.31. The first-order chi connectivity index (χ1) is 11.2. The van der Waals surface area contributed by atoms with E-state index < -0.39 is 5.60 Å². The third-order valence-electron chi connectivity index (χ3n) is 3.94. The Morgan fingerprint density at radius 3 is 2.75 bits per heavy atom. The van der Waals surface area contributed by atoms with Gasteiger partial charge in [0.25, 0.3) is 0 Å². The zero-order valence-electron chi connectivity index (χ0n) is 15.2. The fraction of sp³-hybridized carbons (Fsp3) is 0.706. The van der Waals surface area contributed by atoms with Gasteiger partial charge in [0, 0.05) is 31.9 Å². The lowest BCUT2D eigenvalue weighted by atomic mass is 10.0. The number of piperidine rings is 1. The summed E-state index contributed by atoms with van der Waals surface area (Å²) in [5, 5.41) is 0.240. The number of aromatic nitrogens is 2. The molecular weight excluding hydrogens is 328 g/mol. The number of carbonyl (C=O) groups excluding carboxylic acids is 1. The Bertz CT molecular complexity index is 568. The minimum atomic E-state index is -0.484. The highest BCUT2D eigenvalue weighted by molar-refractivity contribution is 6.28. The lowest BCUT2D eigenvalue weighted by Gasteiger charge is -2.38. The second kappa shape index (κ2) is 7.55. The van der Waals surface area contributed by atoms with Crippen molar-refractivity contribution in [2.24, 2.45) is 0 Å². The monoisotopic (exact) mass is 354 g/mol. The first-order valence-electron chi connectivity index (χ1n) is 8.37. The maximum atomic E-state index is 12.5. The zero-order valence-corrected chi connectivity index (χ0v) is 15.9. The molecule has 2 rings (SSSR count). The van der Waals surface area contributed by atoms with E-state index in [9.17, 15) is 4.79 Å². The van der Waals surface area contributed by atoms with Crippen LogP contribution in [0.25, 0.3) is 0 Å². The number of rotatable bonds is 3. The van der Waals surface area contributed by atoms with Crippen LogP contribution in [-0.4, -0.2) is 52.7 Å². The van der Waals surface area contributed by atoms with Gasteiger partial charge >= 0.3 is 6.09 Å². The van der Waals surface area contributed by atoms with Crippen LogP contribution in [0.15, 0.2) is 6.07 Å². The van der Waals surface area contributed by atoms with Gasteiger partial charge in [-0.3, -0.25) is 0 Å². The van der Waals surface area contributed by atoms with E-state index in [1.807, 2.05) is 50.6 Å². The SMILES string of the molecule is Cc1cc(N(C)CC2CCCCN2C(=O)OC(C)(C)C)nc(Cl)n1. The molecule has 1 aliphatic heterocycles. The first kappa shape index (κ1) is 18.8. The van der Waals surface area contributed by atoms with Crippen LogP contribution in [0.3, 0.4) is 0 Å². The lowest BCUT2D eigenvalue weighted by molar-refractivity contribution is 0.0108. The number of anilines is 1. The summed E-state index contributed by atoms with van der Waals surface area (Å²) in [6.07, 6.45) is 2.85. The second-order valence-corrected chi connectivity index (χ2v) is 7.68. The first-order valence-corrected chi connectivity index (χ1v) is 8.75. The third-order valence-corrected chi connectivity index (χ3v) is 4.11. The number of hydrogen-bond donors (Lipinski definition) is 0. The van der Waals surface area contributed by atoms with Crippen molar-refractivity contribution in [2.75, 3.05) is 25.0 Å². The molecule has 1 saturated heterocycles. The van der Waals surface area contributed by atoms with Crippen LogP contribution in [0, 0.1) is 6.92 Å². The molecule has 1 fully saturated rings. The average molecular weight is 355 g/mol. The summed E-state index contributed by atoms with van der Waals surface area (Å²) >= 11 is 5.96. The van der Waals surface area contributed by atoms with Crippen LogP contribution in [-0.2, 0) is 4.74 Å². The van der Waals surface area contributed by atoms with Crippen molar-refractivity contribution in [2.45, 2.75) is 58.6 Å². The number of carbonyl (C=O) groups is 1. The maximum Gasteiger partial charge on any atom is 0.410 e. The highest BCUT2D eigenvalue weighted by Crippen LogP contribution is 2.23. The Balaban J connectivity index is 2.08. The van der Waals surface area contributed by atoms with E-state index in [0.717, 1.165) is 37.3 Å². The molecule has 1 aromatic heterocycles. The van der Waals surface area contributed by atoms with Crippen molar-refractivity contribution in [1.82, 2.24) is 14.9 Å². The number of ether oxygens (including phenoxy) is 1. The van der Waals surface area contributed by atoms with Gasteiger partial charge in [0.15, 0.2) is 0 Å². The predicted octanol–water partition coefficient (Wildman–Crippen LogP) is 3.66. The van der Waals surface area contributed by atoms with Gasteiger partial charge in [0.2, 0.25) is 5.28 Å². The molecule has 134 valence electrons. The van der Waals surface area contributed by atoms with Gasteiger partial charge in [-0.25, -0.2) is 14.8 Å². The Morgan fingerprint density at radius 1 is 1.42 bits per heavy atom. The fourth-order valence-electron chi connectivity index (χ4n) is 2.87. The van der Waals surface area contributed by atoms with Crippen LogP contribution in [0.2, 0.25) is 5.28 Å². The molecule has 0 N–H and O–H groups in total. The number of likely N-dealkylation sites (N-methyl/N-ethyl adjacent to an activating group) is 1. The third kappa shape index (κ3) is 5.23. The minimum Gasteiger partial charge on any atom is -0.444 e. The van der Waals surface area contributed by atoms with Gasteiger partial charge in [0.1, 0.15) is 11.4 Å². The van der Waals surface area contributed by atoms with Gasteiger partial charge < -0.3 is 14.5 Å². The summed E-state index contributed by atoms with van der Waals surface area (Å²) in [4.78, 5) is 24.7. The smallest absolute Gasteiger partial charge is 0.410 e. The maximum absolute atomic E-state index is 12.5. The summed E-state index contributed by atoms with van der Waals surface area (Å²) in [5.41, 5.74) is 0.340. The molecule has 1 unspecified atom stereocenters. The molecular formula is C17H27ClN4O2. The second-order valence-electron chi connectivity index (χ2n) is 7.34. The predicted molar refractivity (Wildman–Crippen MR) is 95.6 cm³/mol. The molecule has 1 aromatic rings. The Kier molecular flexibility index (Phi) is 5.91. The molecule has 0 bridgehead atoms. The van der Waals surface area contributed by atoms with E-state index >= 15 is 0 Å². The van der Waals surface area contributed by atoms with Crippen LogP contribution < -0.4 is 4.90 Å². The van der Waals surface area contributed by atoms with Gasteiger partial charge in [-0.05, 0) is 58.6 Å². The number of likely N-dealkylation sites (tertiary alicyclic amines) is 1. The van der Waals surface area contributed by atoms with Crippen LogP contribution in [0.4, 0.5) is 10.6 Å². The number of halogens is 1. The Hall–Kier alpha value is -1.56. The lowest BCUT2D eigenvalue weighted by Crippen LogP contribution is -2.50. The molecule has 0 aromatic carbocycles. The van der Waals surface area contributed by atoms with Gasteiger partial charge in [-0.1, -0.05) is 0 Å². The summed E-state index contributed by atoms with van der Waals surface area (Å²) in [5.74, 6) is 0.766. The Labute approximate surface area is 149 Å². The van der Waals surface area contributed by atoms with Crippen molar-refractivity contribution >= 4 is 23.5 Å². The summed E-state index contributed by atoms with van der Waals surface area (Å²) in [6, 6.07) is 2.00. The highest BCUT2D eigenvalue weighted by atomic mass is 35.5. The molecule has 7 heteroatoms. The molecule has 0 radical (unpaired) electrons. The largest absolute Gasteiger partial charge is 0.444 e. The number of hydrogen-bond acceptors (Lipinski definition) is 5. The van der Waals surface area contributed by atoms with Crippen LogP contribution >= 0.6 is 11.6 Å². The number of amides is 1. The van der Waals surface area contributed by atoms with Crippen molar-refractivity contribution < 1.29 is 9.53 Å². The molecule has 0 aliphatic carbocycles. The molecule has 0 spiro atoms. The summed E-state index contributed by atoms with van der Waals surface area (Å²) in [7, 11) is 1.96. The van der Waals surface area contributed by atoms with Gasteiger partial charge in [-0.15, -0.1) is 0 Å². The molecule has 1 aliphatic rings. The van der Waals surface area contributed by atoms with Crippen LogP contribution in [0.1, 0.15) is 45.7 Å². The van der Waals surface area contributed by atoms with Crippen molar-refractivity contribution in [1.29, 1.82) is 0 Å². The minimum absolute atomic E-state index is 0.104. The topological polar surface area (TPSA) is 58.6 Å². The number of nitrogens with zero attached hydrogens (tertiary/aromatic N) is 4. The van der Waals surface area contributed by atoms with Crippen LogP contribution in [0.5, 0.6) is 0 Å². The zero-order chi connectivity index (χ0) is 17.9. The summed E-state index contributed by atoms with van der Waals surface area (Å²) in [6.45, 7) is 8.98. The van der Waals surface area contributed by atoms with Gasteiger partial charge in [-0.2, -0.15) is 0 Å². The molecule has 6 nitrogen and oxygen atoms in total. The van der Waals surface area contributed by atoms with Crippen molar-refractivity contribution in [3.63, 3.8) is 0 Å². The van der Waals surface area contributed by atoms with E-state index in [0.29, 0.717) is 6.54 Å². The van der Waals surface area contributed by atoms with E-state index in [1.54, 1.807) is 0 Å². The average Bonchev–Trinajstić information content (AvgIpc) is 2.44. The molecule has 1 atom stereocenters. The van der Waals surface area contributed by atoms with Crippen molar-refractivity contribution in [3.05, 3.63) is 17.0 Å². The van der Waals surface area contributed by atoms with Gasteiger partial charge in [0.05, 0.1) is 6.04 Å². The van der Waals surface area contributed by atoms with E-state index in [2.05, 4.69) is 9.97 Å². The quantitative estimate of drug-likeness (QED) is 0.775. The molecule has 2 heterocycles. The van der Waals surface area contributed by atoms with E-state index in [4.69, 9.17) is 16.3 Å². The fourth-order valence-corrected chi connectivity index (χ4v) is 3.09. The molecule has 24 heavy (non-hydrogen) atoms. The normalized spacial score (nSPS) is 18.4. The van der Waals surface area contributed by atoms with E-state index in [-0.39, 0.29) is 17.4 Å². The standard InChI is InChI=1S/C17H27ClN4O2/c1-12-10-14(20-15(18)19-12)21(5)11-13-8-6-7-9-22(13)16(23)24-17(2,3)4/h10,13H,6-9,11H2,1-5H3. The summed E-state index contributed by atoms with van der Waals surface area (Å²) < 4.78 is 5.55.